The Labute approximate surface area is 204 Å². The van der Waals surface area contributed by atoms with Crippen molar-refractivity contribution < 1.29 is 23.6 Å². The van der Waals surface area contributed by atoms with E-state index in [9.17, 15) is 9.59 Å². The van der Waals surface area contributed by atoms with Gasteiger partial charge in [-0.1, -0.05) is 24.2 Å². The van der Waals surface area contributed by atoms with Crippen molar-refractivity contribution in [3.05, 3.63) is 53.9 Å². The van der Waals surface area contributed by atoms with E-state index in [-0.39, 0.29) is 24.2 Å². The van der Waals surface area contributed by atoms with Crippen LogP contribution in [0.2, 0.25) is 0 Å². The fourth-order valence-corrected chi connectivity index (χ4v) is 4.16. The van der Waals surface area contributed by atoms with Gasteiger partial charge in [0, 0.05) is 36.8 Å². The number of carbonyl (C=O) groups is 2. The van der Waals surface area contributed by atoms with E-state index in [4.69, 9.17) is 14.0 Å². The Morgan fingerprint density at radius 2 is 1.91 bits per heavy atom. The van der Waals surface area contributed by atoms with Crippen molar-refractivity contribution in [2.45, 2.75) is 38.5 Å². The highest BCUT2D eigenvalue weighted by atomic mass is 16.5. The van der Waals surface area contributed by atoms with Gasteiger partial charge < -0.3 is 24.2 Å². The van der Waals surface area contributed by atoms with Crippen molar-refractivity contribution in [2.24, 2.45) is 0 Å². The van der Waals surface area contributed by atoms with Crippen LogP contribution in [0, 0.1) is 0 Å². The molecule has 1 N–H and O–H groups in total. The van der Waals surface area contributed by atoms with Crippen LogP contribution in [0.3, 0.4) is 0 Å². The number of hydrogen-bond acceptors (Lipinski definition) is 7. The second kappa shape index (κ2) is 11.0. The predicted molar refractivity (Wildman–Crippen MR) is 130 cm³/mol. The molecule has 35 heavy (non-hydrogen) atoms. The van der Waals surface area contributed by atoms with Gasteiger partial charge in [0.15, 0.2) is 0 Å². The van der Waals surface area contributed by atoms with Gasteiger partial charge >= 0.3 is 0 Å². The van der Waals surface area contributed by atoms with Crippen LogP contribution in [-0.2, 0) is 16.0 Å². The Morgan fingerprint density at radius 3 is 2.63 bits per heavy atom. The summed E-state index contributed by atoms with van der Waals surface area (Å²) in [6.45, 7) is 3.02. The molecule has 9 heteroatoms. The summed E-state index contributed by atoms with van der Waals surface area (Å²) in [4.78, 5) is 31.2. The van der Waals surface area contributed by atoms with Gasteiger partial charge in [0.05, 0.1) is 26.6 Å². The molecule has 1 unspecified atom stereocenters. The first-order valence-corrected chi connectivity index (χ1v) is 11.7. The number of carbonyl (C=O) groups excluding carboxylic acids is 2. The van der Waals surface area contributed by atoms with Crippen LogP contribution < -0.4 is 14.8 Å². The topological polar surface area (TPSA) is 107 Å². The van der Waals surface area contributed by atoms with Gasteiger partial charge in [-0.25, -0.2) is 0 Å². The third-order valence-corrected chi connectivity index (χ3v) is 6.06. The first kappa shape index (κ1) is 24.3. The van der Waals surface area contributed by atoms with Gasteiger partial charge in [-0.3, -0.25) is 9.59 Å². The highest BCUT2D eigenvalue weighted by Crippen LogP contribution is 2.29. The quantitative estimate of drug-likeness (QED) is 0.520. The molecule has 1 aliphatic rings. The molecule has 1 fully saturated rings. The molecule has 9 nitrogen and oxygen atoms in total. The van der Waals surface area contributed by atoms with Crippen LogP contribution in [0.15, 0.2) is 47.0 Å². The van der Waals surface area contributed by atoms with Crippen molar-refractivity contribution in [1.29, 1.82) is 0 Å². The molecule has 184 valence electrons. The molecule has 0 radical (unpaired) electrons. The van der Waals surface area contributed by atoms with Gasteiger partial charge in [0.2, 0.25) is 23.5 Å². The maximum Gasteiger partial charge on any atom is 0.231 e. The van der Waals surface area contributed by atoms with E-state index in [0.29, 0.717) is 48.4 Å². The van der Waals surface area contributed by atoms with Crippen LogP contribution >= 0.6 is 0 Å². The SMILES string of the molecule is CCC(=O)Nc1cccc(-c2noc(C3CCCN(C(=O)Cc4cc(OC)cc(OC)c4)C3)n2)c1. The zero-order valence-corrected chi connectivity index (χ0v) is 20.2. The summed E-state index contributed by atoms with van der Waals surface area (Å²) in [6, 6.07) is 12.8. The number of anilines is 1. The Morgan fingerprint density at radius 1 is 1.14 bits per heavy atom. The maximum absolute atomic E-state index is 13.1. The molecule has 0 aliphatic carbocycles. The lowest BCUT2D eigenvalue weighted by atomic mass is 9.97. The van der Waals surface area contributed by atoms with Crippen molar-refractivity contribution in [2.75, 3.05) is 32.6 Å². The predicted octanol–water partition coefficient (Wildman–Crippen LogP) is 4.05. The molecule has 1 saturated heterocycles. The summed E-state index contributed by atoms with van der Waals surface area (Å²) < 4.78 is 16.2. The highest BCUT2D eigenvalue weighted by molar-refractivity contribution is 5.91. The zero-order chi connectivity index (χ0) is 24.8. The lowest BCUT2D eigenvalue weighted by molar-refractivity contribution is -0.131. The minimum Gasteiger partial charge on any atom is -0.497 e. The molecule has 0 bridgehead atoms. The first-order valence-electron chi connectivity index (χ1n) is 11.7. The number of benzene rings is 2. The minimum absolute atomic E-state index is 0.0308. The van der Waals surface area contributed by atoms with Crippen molar-refractivity contribution in [3.8, 4) is 22.9 Å². The van der Waals surface area contributed by atoms with E-state index in [2.05, 4.69) is 15.5 Å². The van der Waals surface area contributed by atoms with Crippen LogP contribution in [0.1, 0.15) is 43.6 Å². The number of likely N-dealkylation sites (tertiary alicyclic amines) is 1. The molecule has 1 aliphatic heterocycles. The average Bonchev–Trinajstić information content (AvgIpc) is 3.39. The largest absolute Gasteiger partial charge is 0.497 e. The number of nitrogens with zero attached hydrogens (tertiary/aromatic N) is 3. The normalized spacial score (nSPS) is 15.5. The molecule has 3 aromatic rings. The van der Waals surface area contributed by atoms with Gasteiger partial charge in [-0.15, -0.1) is 0 Å². The number of amides is 2. The Balaban J connectivity index is 1.43. The molecular weight excluding hydrogens is 448 g/mol. The van der Waals surface area contributed by atoms with Crippen molar-refractivity contribution >= 4 is 17.5 Å². The van der Waals surface area contributed by atoms with Crippen LogP contribution in [0.4, 0.5) is 5.69 Å². The monoisotopic (exact) mass is 478 g/mol. The van der Waals surface area contributed by atoms with E-state index in [1.165, 1.54) is 0 Å². The minimum atomic E-state index is -0.0599. The number of rotatable bonds is 8. The standard InChI is InChI=1S/C26H30N4O5/c1-4-23(31)27-20-9-5-7-18(14-20)25-28-26(35-29-25)19-8-6-10-30(16-19)24(32)13-17-11-21(33-2)15-22(12-17)34-3/h5,7,9,11-12,14-15,19H,4,6,8,10,13,16H2,1-3H3,(H,27,31). The molecule has 0 saturated carbocycles. The highest BCUT2D eigenvalue weighted by Gasteiger charge is 2.29. The fraction of sp³-hybridized carbons (Fsp3) is 0.385. The van der Waals surface area contributed by atoms with Gasteiger partial charge in [0.25, 0.3) is 0 Å². The van der Waals surface area contributed by atoms with Crippen LogP contribution in [-0.4, -0.2) is 54.2 Å². The summed E-state index contributed by atoms with van der Waals surface area (Å²) >= 11 is 0. The van der Waals surface area contributed by atoms with Crippen molar-refractivity contribution in [1.82, 2.24) is 15.0 Å². The third kappa shape index (κ3) is 5.98. The average molecular weight is 479 g/mol. The second-order valence-corrected chi connectivity index (χ2v) is 8.52. The number of nitrogens with one attached hydrogen (secondary N) is 1. The van der Waals surface area contributed by atoms with Gasteiger partial charge in [-0.2, -0.15) is 4.98 Å². The Bertz CT molecular complexity index is 1170. The molecule has 1 atom stereocenters. The maximum atomic E-state index is 13.1. The molecule has 2 heterocycles. The van der Waals surface area contributed by atoms with Crippen molar-refractivity contribution in [3.63, 3.8) is 0 Å². The first-order chi connectivity index (χ1) is 17.0. The Kier molecular flexibility index (Phi) is 7.64. The second-order valence-electron chi connectivity index (χ2n) is 8.52. The van der Waals surface area contributed by atoms with Gasteiger partial charge in [0.1, 0.15) is 11.5 Å². The smallest absolute Gasteiger partial charge is 0.231 e. The summed E-state index contributed by atoms with van der Waals surface area (Å²) in [5, 5.41) is 6.99. The van der Waals surface area contributed by atoms with Crippen LogP contribution in [0.5, 0.6) is 11.5 Å². The molecule has 2 amide bonds. The summed E-state index contributed by atoms with van der Waals surface area (Å²) in [7, 11) is 3.18. The fourth-order valence-electron chi connectivity index (χ4n) is 4.16. The zero-order valence-electron chi connectivity index (χ0n) is 20.2. The summed E-state index contributed by atoms with van der Waals surface area (Å²) in [6.07, 6.45) is 2.38. The van der Waals surface area contributed by atoms with E-state index in [1.54, 1.807) is 27.2 Å². The number of methoxy groups -OCH3 is 2. The number of aromatic nitrogens is 2. The summed E-state index contributed by atoms with van der Waals surface area (Å²) in [5.41, 5.74) is 2.28. The summed E-state index contributed by atoms with van der Waals surface area (Å²) in [5.74, 6) is 2.22. The van der Waals surface area contributed by atoms with E-state index in [1.807, 2.05) is 41.3 Å². The molecule has 1 aromatic heterocycles. The van der Waals surface area contributed by atoms with E-state index in [0.717, 1.165) is 24.0 Å². The number of hydrogen-bond donors (Lipinski definition) is 1. The Hall–Kier alpha value is -3.88. The number of ether oxygens (including phenoxy) is 2. The molecule has 0 spiro atoms. The lowest BCUT2D eigenvalue weighted by Gasteiger charge is -2.31. The number of piperidine rings is 1. The van der Waals surface area contributed by atoms with E-state index >= 15 is 0 Å². The van der Waals surface area contributed by atoms with E-state index < -0.39 is 0 Å². The van der Waals surface area contributed by atoms with Gasteiger partial charge in [-0.05, 0) is 42.7 Å². The third-order valence-electron chi connectivity index (χ3n) is 6.06. The molecule has 2 aromatic carbocycles. The molecule has 4 rings (SSSR count). The van der Waals surface area contributed by atoms with Crippen LogP contribution in [0.25, 0.3) is 11.4 Å². The lowest BCUT2D eigenvalue weighted by Crippen LogP contribution is -2.40. The molecular formula is C26H30N4O5.